The van der Waals surface area contributed by atoms with Gasteiger partial charge in [0.25, 0.3) is 0 Å². The van der Waals surface area contributed by atoms with Gasteiger partial charge in [0, 0.05) is 18.8 Å². The maximum absolute atomic E-state index is 13.2. The van der Waals surface area contributed by atoms with Gasteiger partial charge in [-0.1, -0.05) is 52.0 Å². The fourth-order valence-electron chi connectivity index (χ4n) is 4.41. The summed E-state index contributed by atoms with van der Waals surface area (Å²) in [4.78, 5) is 13.2. The van der Waals surface area contributed by atoms with Crippen molar-refractivity contribution in [2.45, 2.75) is 57.8 Å². The highest BCUT2D eigenvalue weighted by Gasteiger charge is 2.38. The summed E-state index contributed by atoms with van der Waals surface area (Å²) < 4.78 is 11.3. The Morgan fingerprint density at radius 1 is 0.931 bits per heavy atom. The first kappa shape index (κ1) is 20.2. The molecule has 0 spiro atoms. The van der Waals surface area contributed by atoms with Gasteiger partial charge in [-0.25, -0.2) is 0 Å². The number of phenols is 1. The van der Waals surface area contributed by atoms with E-state index >= 15 is 0 Å². The molecule has 0 amide bonds. The molecule has 1 aliphatic carbocycles. The number of hydrogen-bond acceptors (Lipinski definition) is 4. The molecule has 2 aromatic rings. The lowest BCUT2D eigenvalue weighted by Gasteiger charge is -2.42. The molecular formula is C24H29BO4. The van der Waals surface area contributed by atoms with Crippen molar-refractivity contribution in [1.29, 1.82) is 0 Å². The second kappa shape index (κ2) is 7.30. The Bertz CT molecular complexity index is 925. The molecule has 1 saturated heterocycles. The zero-order chi connectivity index (χ0) is 20.8. The highest BCUT2D eigenvalue weighted by molar-refractivity contribution is 6.61. The van der Waals surface area contributed by atoms with E-state index in [0.29, 0.717) is 24.3 Å². The van der Waals surface area contributed by atoms with E-state index in [4.69, 9.17) is 9.31 Å². The number of ketones is 1. The first-order valence-corrected chi connectivity index (χ1v) is 10.4. The van der Waals surface area contributed by atoms with Crippen LogP contribution in [0.1, 0.15) is 74.0 Å². The molecule has 0 bridgehead atoms. The molecule has 4 nitrogen and oxygen atoms in total. The van der Waals surface area contributed by atoms with Gasteiger partial charge in [0.2, 0.25) is 0 Å². The minimum atomic E-state index is -0.368. The second-order valence-electron chi connectivity index (χ2n) is 9.56. The van der Waals surface area contributed by atoms with Gasteiger partial charge < -0.3 is 14.4 Å². The number of benzene rings is 2. The molecule has 1 fully saturated rings. The van der Waals surface area contributed by atoms with Gasteiger partial charge in [-0.2, -0.15) is 0 Å². The number of carbonyl (C=O) groups excluding carboxylic acids is 1. The number of rotatable bonds is 3. The Morgan fingerprint density at radius 2 is 1.48 bits per heavy atom. The van der Waals surface area contributed by atoms with Crippen LogP contribution < -0.4 is 5.46 Å². The summed E-state index contributed by atoms with van der Waals surface area (Å²) in [6.45, 7) is 10.2. The predicted molar refractivity (Wildman–Crippen MR) is 115 cm³/mol. The summed E-state index contributed by atoms with van der Waals surface area (Å²) in [7, 11) is -0.368. The van der Waals surface area contributed by atoms with E-state index in [1.165, 1.54) is 0 Å². The molecule has 2 aliphatic rings. The van der Waals surface area contributed by atoms with Crippen molar-refractivity contribution in [2.75, 3.05) is 13.2 Å². The summed E-state index contributed by atoms with van der Waals surface area (Å²) >= 11 is 0. The van der Waals surface area contributed by atoms with Crippen molar-refractivity contribution >= 4 is 18.4 Å². The minimum absolute atomic E-state index is 0.00838. The van der Waals surface area contributed by atoms with E-state index in [0.717, 1.165) is 35.9 Å². The minimum Gasteiger partial charge on any atom is -0.507 e. The number of carbonyl (C=O) groups is 1. The summed E-state index contributed by atoms with van der Waals surface area (Å²) in [5.74, 6) is -0.107. The SMILES string of the molecule is CC1(C)CCC(C)(C)c2cc(C(=O)c3ccc(B4OCCCO4)cc3)c(O)cc21. The predicted octanol–water partition coefficient (Wildman–Crippen LogP) is 4.10. The van der Waals surface area contributed by atoms with Crippen LogP contribution >= 0.6 is 0 Å². The summed E-state index contributed by atoms with van der Waals surface area (Å²) in [5, 5.41) is 10.7. The second-order valence-corrected chi connectivity index (χ2v) is 9.56. The van der Waals surface area contributed by atoms with E-state index in [-0.39, 0.29) is 29.5 Å². The largest absolute Gasteiger partial charge is 0.507 e. The van der Waals surface area contributed by atoms with Crippen molar-refractivity contribution in [2.24, 2.45) is 0 Å². The first-order valence-electron chi connectivity index (χ1n) is 10.4. The molecule has 0 atom stereocenters. The molecule has 29 heavy (non-hydrogen) atoms. The van der Waals surface area contributed by atoms with Crippen LogP contribution in [0.5, 0.6) is 5.75 Å². The Kier molecular flexibility index (Phi) is 5.08. The van der Waals surface area contributed by atoms with E-state index < -0.39 is 0 Å². The number of hydrogen-bond donors (Lipinski definition) is 1. The van der Waals surface area contributed by atoms with Crippen LogP contribution in [-0.2, 0) is 20.1 Å². The van der Waals surface area contributed by atoms with Gasteiger partial charge in [-0.15, -0.1) is 0 Å². The highest BCUT2D eigenvalue weighted by Crippen LogP contribution is 2.47. The standard InChI is InChI=1S/C24H29BO4/c1-23(2)10-11-24(3,4)20-15-21(26)18(14-19(20)23)22(27)16-6-8-17(9-7-16)25-28-12-5-13-29-25/h6-9,14-15,26H,5,10-13H2,1-4H3. The quantitative estimate of drug-likeness (QED) is 0.631. The lowest BCUT2D eigenvalue weighted by Crippen LogP contribution is -2.40. The van der Waals surface area contributed by atoms with Crippen LogP contribution in [0.3, 0.4) is 0 Å². The third kappa shape index (κ3) is 3.74. The Morgan fingerprint density at radius 3 is 2.07 bits per heavy atom. The summed E-state index contributed by atoms with van der Waals surface area (Å²) in [6.07, 6.45) is 3.02. The van der Waals surface area contributed by atoms with Gasteiger partial charge >= 0.3 is 7.12 Å². The fourth-order valence-corrected chi connectivity index (χ4v) is 4.41. The Hall–Kier alpha value is -2.11. The third-order valence-corrected chi connectivity index (χ3v) is 6.49. The Balaban J connectivity index is 1.67. The molecular weight excluding hydrogens is 363 g/mol. The first-order chi connectivity index (χ1) is 13.7. The topological polar surface area (TPSA) is 55.8 Å². The van der Waals surface area contributed by atoms with Crippen molar-refractivity contribution < 1.29 is 19.2 Å². The average Bonchev–Trinajstić information content (AvgIpc) is 2.71. The van der Waals surface area contributed by atoms with Crippen LogP contribution in [0.4, 0.5) is 0 Å². The molecule has 4 rings (SSSR count). The molecule has 5 heteroatoms. The van der Waals surface area contributed by atoms with Crippen molar-refractivity contribution in [3.8, 4) is 5.75 Å². The molecule has 1 aliphatic heterocycles. The molecule has 152 valence electrons. The zero-order valence-electron chi connectivity index (χ0n) is 17.7. The number of phenolic OH excluding ortho intramolecular Hbond substituents is 1. The molecule has 1 N–H and O–H groups in total. The molecule has 1 heterocycles. The van der Waals surface area contributed by atoms with Crippen LogP contribution in [-0.4, -0.2) is 31.2 Å². The lowest BCUT2D eigenvalue weighted by molar-refractivity contribution is 0.103. The monoisotopic (exact) mass is 392 g/mol. The zero-order valence-corrected chi connectivity index (χ0v) is 17.7. The van der Waals surface area contributed by atoms with E-state index in [1.807, 2.05) is 24.3 Å². The van der Waals surface area contributed by atoms with Crippen molar-refractivity contribution in [1.82, 2.24) is 0 Å². The van der Waals surface area contributed by atoms with Gasteiger partial charge in [-0.3, -0.25) is 4.79 Å². The van der Waals surface area contributed by atoms with Crippen LogP contribution in [0.2, 0.25) is 0 Å². The lowest BCUT2D eigenvalue weighted by atomic mass is 9.62. The number of fused-ring (bicyclic) bond motifs is 1. The molecule has 0 saturated carbocycles. The van der Waals surface area contributed by atoms with Crippen LogP contribution in [0.15, 0.2) is 36.4 Å². The van der Waals surface area contributed by atoms with Crippen LogP contribution in [0.25, 0.3) is 0 Å². The van der Waals surface area contributed by atoms with Gasteiger partial charge in [0.1, 0.15) is 5.75 Å². The maximum Gasteiger partial charge on any atom is 0.493 e. The van der Waals surface area contributed by atoms with Crippen molar-refractivity contribution in [3.63, 3.8) is 0 Å². The normalized spacial score (nSPS) is 20.2. The molecule has 2 aromatic carbocycles. The maximum atomic E-state index is 13.2. The van der Waals surface area contributed by atoms with E-state index in [2.05, 4.69) is 27.7 Å². The van der Waals surface area contributed by atoms with Gasteiger partial charge in [0.15, 0.2) is 5.78 Å². The number of aromatic hydroxyl groups is 1. The average molecular weight is 392 g/mol. The smallest absolute Gasteiger partial charge is 0.493 e. The van der Waals surface area contributed by atoms with Gasteiger partial charge in [-0.05, 0) is 58.8 Å². The van der Waals surface area contributed by atoms with Crippen molar-refractivity contribution in [3.05, 3.63) is 58.7 Å². The third-order valence-electron chi connectivity index (χ3n) is 6.49. The molecule has 0 aromatic heterocycles. The summed E-state index contributed by atoms with van der Waals surface area (Å²) in [6, 6.07) is 11.0. The van der Waals surface area contributed by atoms with E-state index in [9.17, 15) is 9.90 Å². The molecule has 0 radical (unpaired) electrons. The Labute approximate surface area is 173 Å². The highest BCUT2D eigenvalue weighted by atomic mass is 16.6. The van der Waals surface area contributed by atoms with Gasteiger partial charge in [0.05, 0.1) is 5.56 Å². The summed E-state index contributed by atoms with van der Waals surface area (Å²) in [5.41, 5.74) is 4.10. The van der Waals surface area contributed by atoms with Crippen LogP contribution in [0, 0.1) is 0 Å². The fraction of sp³-hybridized carbons (Fsp3) is 0.458. The molecule has 0 unspecified atom stereocenters. The van der Waals surface area contributed by atoms with E-state index in [1.54, 1.807) is 12.1 Å².